The van der Waals surface area contributed by atoms with Gasteiger partial charge < -0.3 is 4.74 Å². The van der Waals surface area contributed by atoms with Gasteiger partial charge in [0.1, 0.15) is 0 Å². The molecule has 0 bridgehead atoms. The maximum absolute atomic E-state index is 5.26. The summed E-state index contributed by atoms with van der Waals surface area (Å²) in [6.07, 6.45) is 8.79. The summed E-state index contributed by atoms with van der Waals surface area (Å²) >= 11 is 0. The Morgan fingerprint density at radius 1 is 1.33 bits per heavy atom. The van der Waals surface area contributed by atoms with Crippen LogP contribution in [0.1, 0.15) is 26.2 Å². The van der Waals surface area contributed by atoms with Gasteiger partial charge in [0, 0.05) is 13.2 Å². The van der Waals surface area contributed by atoms with Crippen LogP contribution < -0.4 is 0 Å². The molecule has 0 aromatic carbocycles. The minimum absolute atomic E-state index is 0.350. The molecular weight excluding hydrogens is 147 g/mol. The zero-order valence-corrected chi connectivity index (χ0v) is 8.64. The lowest BCUT2D eigenvalue weighted by Crippen LogP contribution is -1.95. The standard InChI is InChI=1S/C10H22BO/c1-3-5-8-11-9-6-7-10-12-4-2/h3H,1,4-11H2,2H3/q-1. The van der Waals surface area contributed by atoms with Gasteiger partial charge in [-0.15, -0.1) is 6.58 Å². The quantitative estimate of drug-likeness (QED) is 0.292. The Kier molecular flexibility index (Phi) is 10.6. The molecule has 0 aromatic heterocycles. The normalized spacial score (nSPS) is 10.1. The summed E-state index contributed by atoms with van der Waals surface area (Å²) in [6, 6.07) is 0. The molecule has 72 valence electrons. The topological polar surface area (TPSA) is 9.23 Å². The minimum Gasteiger partial charge on any atom is -0.382 e. The molecule has 0 unspecified atom stereocenters. The largest absolute Gasteiger partial charge is 0.382 e. The minimum atomic E-state index is 0.350. The molecule has 0 heterocycles. The van der Waals surface area contributed by atoms with Gasteiger partial charge in [0.05, 0.1) is 0 Å². The van der Waals surface area contributed by atoms with Gasteiger partial charge in [0.15, 0.2) is 0 Å². The molecular formula is C10H22BO-. The molecule has 0 radical (unpaired) electrons. The van der Waals surface area contributed by atoms with Gasteiger partial charge in [-0.05, 0) is 20.6 Å². The van der Waals surface area contributed by atoms with E-state index in [1.165, 1.54) is 31.9 Å². The Balaban J connectivity index is 2.77. The molecule has 0 atom stereocenters. The van der Waals surface area contributed by atoms with Crippen molar-refractivity contribution in [3.05, 3.63) is 12.7 Å². The van der Waals surface area contributed by atoms with Crippen molar-refractivity contribution < 1.29 is 4.74 Å². The van der Waals surface area contributed by atoms with E-state index in [1.54, 1.807) is 0 Å². The molecule has 0 aliphatic rings. The molecule has 0 aliphatic carbocycles. The van der Waals surface area contributed by atoms with Crippen LogP contribution in [-0.4, -0.2) is 20.5 Å². The highest BCUT2D eigenvalue weighted by Gasteiger charge is 1.85. The molecule has 0 saturated carbocycles. The van der Waals surface area contributed by atoms with E-state index in [0.29, 0.717) is 7.28 Å². The molecule has 12 heavy (non-hydrogen) atoms. The van der Waals surface area contributed by atoms with E-state index in [-0.39, 0.29) is 0 Å². The van der Waals surface area contributed by atoms with Crippen molar-refractivity contribution in [2.24, 2.45) is 0 Å². The predicted molar refractivity (Wildman–Crippen MR) is 58.7 cm³/mol. The SMILES string of the molecule is C=CCC[BH2-]CCCCOCC. The summed E-state index contributed by atoms with van der Waals surface area (Å²) < 4.78 is 5.26. The maximum Gasteiger partial charge on any atom is 0.0464 e. The van der Waals surface area contributed by atoms with Gasteiger partial charge >= 0.3 is 0 Å². The molecule has 0 spiro atoms. The molecule has 0 saturated heterocycles. The summed E-state index contributed by atoms with van der Waals surface area (Å²) in [5.74, 6) is 0. The van der Waals surface area contributed by atoms with E-state index in [1.807, 2.05) is 6.08 Å². The number of hydrogen-bond donors (Lipinski definition) is 0. The van der Waals surface area contributed by atoms with Crippen LogP contribution in [0.25, 0.3) is 0 Å². The number of hydrogen-bond acceptors (Lipinski definition) is 1. The molecule has 2 heteroatoms. The smallest absolute Gasteiger partial charge is 0.0464 e. The van der Waals surface area contributed by atoms with E-state index < -0.39 is 0 Å². The van der Waals surface area contributed by atoms with Crippen molar-refractivity contribution in [2.45, 2.75) is 38.8 Å². The first-order valence-corrected chi connectivity index (χ1v) is 5.52. The van der Waals surface area contributed by atoms with Crippen LogP contribution in [0.15, 0.2) is 12.7 Å². The Morgan fingerprint density at radius 3 is 2.83 bits per heavy atom. The third kappa shape index (κ3) is 9.76. The second-order valence-electron chi connectivity index (χ2n) is 3.48. The number of unbranched alkanes of at least 4 members (excludes halogenated alkanes) is 1. The van der Waals surface area contributed by atoms with E-state index in [2.05, 4.69) is 13.5 Å². The first kappa shape index (κ1) is 11.8. The third-order valence-electron chi connectivity index (χ3n) is 2.30. The highest BCUT2D eigenvalue weighted by Crippen LogP contribution is 1.99. The average Bonchev–Trinajstić information content (AvgIpc) is 2.10. The monoisotopic (exact) mass is 169 g/mol. The van der Waals surface area contributed by atoms with Crippen molar-refractivity contribution in [1.82, 2.24) is 0 Å². The summed E-state index contributed by atoms with van der Waals surface area (Å²) in [7, 11) is 0.350. The van der Waals surface area contributed by atoms with Crippen LogP contribution in [0.2, 0.25) is 12.6 Å². The van der Waals surface area contributed by atoms with Gasteiger partial charge in [0.2, 0.25) is 0 Å². The Bertz CT molecular complexity index is 93.8. The summed E-state index contributed by atoms with van der Waals surface area (Å²) in [5.41, 5.74) is 0. The van der Waals surface area contributed by atoms with Crippen LogP contribution in [0.4, 0.5) is 0 Å². The third-order valence-corrected chi connectivity index (χ3v) is 2.30. The average molecular weight is 169 g/mol. The van der Waals surface area contributed by atoms with Gasteiger partial charge in [-0.1, -0.05) is 18.9 Å². The fraction of sp³-hybridized carbons (Fsp3) is 0.800. The van der Waals surface area contributed by atoms with Crippen LogP contribution in [0, 0.1) is 0 Å². The molecule has 0 rings (SSSR count). The fourth-order valence-electron chi connectivity index (χ4n) is 1.51. The van der Waals surface area contributed by atoms with Crippen LogP contribution in [0.5, 0.6) is 0 Å². The Hall–Kier alpha value is -0.235. The van der Waals surface area contributed by atoms with Crippen molar-refractivity contribution >= 4 is 7.28 Å². The van der Waals surface area contributed by atoms with Gasteiger partial charge in [-0.2, -0.15) is 12.6 Å². The van der Waals surface area contributed by atoms with E-state index >= 15 is 0 Å². The summed E-state index contributed by atoms with van der Waals surface area (Å²) in [6.45, 7) is 7.60. The first-order chi connectivity index (χ1) is 5.91. The van der Waals surface area contributed by atoms with Gasteiger partial charge in [-0.3, -0.25) is 0 Å². The molecule has 0 fully saturated rings. The first-order valence-electron chi connectivity index (χ1n) is 5.52. The maximum atomic E-state index is 5.26. The predicted octanol–water partition coefficient (Wildman–Crippen LogP) is 2.38. The zero-order chi connectivity index (χ0) is 9.07. The molecule has 0 aliphatic heterocycles. The Morgan fingerprint density at radius 2 is 2.17 bits per heavy atom. The van der Waals surface area contributed by atoms with Crippen LogP contribution >= 0.6 is 0 Å². The second-order valence-corrected chi connectivity index (χ2v) is 3.48. The highest BCUT2D eigenvalue weighted by molar-refractivity contribution is 6.35. The van der Waals surface area contributed by atoms with E-state index in [0.717, 1.165) is 13.2 Å². The lowest BCUT2D eigenvalue weighted by Gasteiger charge is -2.04. The van der Waals surface area contributed by atoms with Gasteiger partial charge in [0.25, 0.3) is 0 Å². The number of rotatable bonds is 9. The lowest BCUT2D eigenvalue weighted by atomic mass is 9.69. The van der Waals surface area contributed by atoms with E-state index in [4.69, 9.17) is 4.74 Å². The summed E-state index contributed by atoms with van der Waals surface area (Å²) in [4.78, 5) is 0. The zero-order valence-electron chi connectivity index (χ0n) is 8.64. The fourth-order valence-corrected chi connectivity index (χ4v) is 1.51. The second kappa shape index (κ2) is 10.8. The van der Waals surface area contributed by atoms with Crippen molar-refractivity contribution in [2.75, 3.05) is 13.2 Å². The van der Waals surface area contributed by atoms with Gasteiger partial charge in [-0.25, -0.2) is 0 Å². The van der Waals surface area contributed by atoms with E-state index in [9.17, 15) is 0 Å². The molecule has 0 N–H and O–H groups in total. The lowest BCUT2D eigenvalue weighted by molar-refractivity contribution is 0.144. The van der Waals surface area contributed by atoms with Crippen molar-refractivity contribution in [1.29, 1.82) is 0 Å². The van der Waals surface area contributed by atoms with Crippen LogP contribution in [-0.2, 0) is 4.74 Å². The number of allylic oxidation sites excluding steroid dienone is 1. The molecule has 0 amide bonds. The van der Waals surface area contributed by atoms with Crippen molar-refractivity contribution in [3.8, 4) is 0 Å². The summed E-state index contributed by atoms with van der Waals surface area (Å²) in [5, 5.41) is 0. The van der Waals surface area contributed by atoms with Crippen molar-refractivity contribution in [3.63, 3.8) is 0 Å². The highest BCUT2D eigenvalue weighted by atomic mass is 16.5. The molecule has 1 nitrogen and oxygen atoms in total. The van der Waals surface area contributed by atoms with Crippen LogP contribution in [0.3, 0.4) is 0 Å². The Labute approximate surface area is 77.4 Å². The molecule has 0 aromatic rings. The number of ether oxygens (including phenoxy) is 1.